The minimum Gasteiger partial charge on any atom is -0.377 e. The van der Waals surface area contributed by atoms with Crippen molar-refractivity contribution in [1.82, 2.24) is 20.1 Å². The molecule has 3 aromatic rings. The number of rotatable bonds is 10. The number of benzene rings is 2. The van der Waals surface area contributed by atoms with Gasteiger partial charge in [-0.25, -0.2) is 0 Å². The fourth-order valence-electron chi connectivity index (χ4n) is 2.98. The van der Waals surface area contributed by atoms with Crippen molar-refractivity contribution in [3.8, 4) is 5.69 Å². The molecule has 0 fully saturated rings. The molecule has 1 amide bonds. The molecule has 7 heteroatoms. The summed E-state index contributed by atoms with van der Waals surface area (Å²) in [5.74, 6) is 0.711. The molecule has 3 rings (SSSR count). The van der Waals surface area contributed by atoms with Crippen LogP contribution in [0.25, 0.3) is 5.69 Å². The van der Waals surface area contributed by atoms with Gasteiger partial charge in [0, 0.05) is 18.8 Å². The maximum absolute atomic E-state index is 12.4. The van der Waals surface area contributed by atoms with Crippen LogP contribution in [0.5, 0.6) is 0 Å². The van der Waals surface area contributed by atoms with Gasteiger partial charge in [0.1, 0.15) is 6.33 Å². The molecule has 0 unspecified atom stereocenters. The molecule has 158 valence electrons. The van der Waals surface area contributed by atoms with Crippen molar-refractivity contribution < 1.29 is 9.53 Å². The number of hydrogen-bond donors (Lipinski definition) is 1. The number of hydrogen-bond acceptors (Lipinski definition) is 5. The lowest BCUT2D eigenvalue weighted by Gasteiger charge is -2.11. The second kappa shape index (κ2) is 10.9. The van der Waals surface area contributed by atoms with E-state index in [9.17, 15) is 4.79 Å². The molecule has 0 radical (unpaired) electrons. The number of carbonyl (C=O) groups is 1. The van der Waals surface area contributed by atoms with Gasteiger partial charge in [0.2, 0.25) is 5.91 Å². The fourth-order valence-corrected chi connectivity index (χ4v) is 3.74. The second-order valence-corrected chi connectivity index (χ2v) is 8.14. The molecule has 0 aliphatic carbocycles. The van der Waals surface area contributed by atoms with Gasteiger partial charge in [-0.05, 0) is 41.7 Å². The minimum absolute atomic E-state index is 0.0454. The van der Waals surface area contributed by atoms with Crippen molar-refractivity contribution in [3.05, 3.63) is 71.5 Å². The number of thioether (sulfide) groups is 1. The van der Waals surface area contributed by atoms with Crippen molar-refractivity contribution >= 4 is 17.7 Å². The predicted molar refractivity (Wildman–Crippen MR) is 120 cm³/mol. The van der Waals surface area contributed by atoms with Gasteiger partial charge in [-0.2, -0.15) is 0 Å². The highest BCUT2D eigenvalue weighted by Gasteiger charge is 2.11. The number of carbonyl (C=O) groups excluding carboxylic acids is 1. The molecular weight excluding hydrogens is 396 g/mol. The third kappa shape index (κ3) is 5.93. The van der Waals surface area contributed by atoms with E-state index >= 15 is 0 Å². The van der Waals surface area contributed by atoms with E-state index in [4.69, 9.17) is 4.74 Å². The lowest BCUT2D eigenvalue weighted by Crippen LogP contribution is -2.25. The summed E-state index contributed by atoms with van der Waals surface area (Å²) in [5.41, 5.74) is 4.43. The Balaban J connectivity index is 1.56. The van der Waals surface area contributed by atoms with E-state index in [1.165, 1.54) is 17.3 Å². The molecule has 0 atom stereocenters. The fraction of sp³-hybridized carbons (Fsp3) is 0.348. The molecule has 1 N–H and O–H groups in total. The first kappa shape index (κ1) is 22.1. The van der Waals surface area contributed by atoms with Gasteiger partial charge in [-0.1, -0.05) is 62.0 Å². The van der Waals surface area contributed by atoms with Crippen molar-refractivity contribution in [2.75, 3.05) is 12.4 Å². The first-order chi connectivity index (χ1) is 14.6. The monoisotopic (exact) mass is 424 g/mol. The van der Waals surface area contributed by atoms with E-state index in [1.54, 1.807) is 6.33 Å². The van der Waals surface area contributed by atoms with Crippen molar-refractivity contribution in [3.63, 3.8) is 0 Å². The number of aromatic nitrogens is 3. The highest BCUT2D eigenvalue weighted by molar-refractivity contribution is 7.99. The average Bonchev–Trinajstić information content (AvgIpc) is 3.24. The number of amides is 1. The normalized spacial score (nSPS) is 11.1. The third-order valence-electron chi connectivity index (χ3n) is 4.74. The Morgan fingerprint density at radius 3 is 2.57 bits per heavy atom. The number of nitrogens with one attached hydrogen (secondary N) is 1. The first-order valence-corrected chi connectivity index (χ1v) is 11.1. The van der Waals surface area contributed by atoms with Gasteiger partial charge >= 0.3 is 0 Å². The molecular formula is C23H28N4O2S. The Morgan fingerprint density at radius 1 is 1.13 bits per heavy atom. The van der Waals surface area contributed by atoms with Gasteiger partial charge in [-0.15, -0.1) is 10.2 Å². The Kier molecular flexibility index (Phi) is 8.04. The van der Waals surface area contributed by atoms with Crippen molar-refractivity contribution in [2.24, 2.45) is 0 Å². The lowest BCUT2D eigenvalue weighted by atomic mass is 10.0. The standard InChI is InChI=1S/C23H28N4O2S/c1-4-29-14-20-8-6-5-7-19(20)13-24-22(28)15-30-23-26-25-16-27(23)21-11-9-18(10-12-21)17(2)3/h5-12,16-17H,4,13-15H2,1-3H3,(H,24,28). The molecule has 0 saturated carbocycles. The van der Waals surface area contributed by atoms with Crippen LogP contribution in [-0.2, 0) is 22.7 Å². The van der Waals surface area contributed by atoms with Gasteiger partial charge in [0.15, 0.2) is 5.16 Å². The van der Waals surface area contributed by atoms with Crippen LogP contribution < -0.4 is 5.32 Å². The average molecular weight is 425 g/mol. The van der Waals surface area contributed by atoms with Crippen LogP contribution in [0.1, 0.15) is 43.4 Å². The zero-order chi connectivity index (χ0) is 21.3. The number of ether oxygens (including phenoxy) is 1. The third-order valence-corrected chi connectivity index (χ3v) is 5.69. The molecule has 1 heterocycles. The highest BCUT2D eigenvalue weighted by Crippen LogP contribution is 2.22. The van der Waals surface area contributed by atoms with Crippen LogP contribution in [0.3, 0.4) is 0 Å². The maximum atomic E-state index is 12.4. The minimum atomic E-state index is -0.0454. The Bertz CT molecular complexity index is 954. The molecule has 0 aliphatic rings. The topological polar surface area (TPSA) is 69.0 Å². The molecule has 0 bridgehead atoms. The van der Waals surface area contributed by atoms with Crippen LogP contribution in [0, 0.1) is 0 Å². The van der Waals surface area contributed by atoms with Crippen LogP contribution in [0.15, 0.2) is 60.0 Å². The van der Waals surface area contributed by atoms with Crippen LogP contribution in [0.4, 0.5) is 0 Å². The zero-order valence-corrected chi connectivity index (χ0v) is 18.5. The summed E-state index contributed by atoms with van der Waals surface area (Å²) in [7, 11) is 0. The first-order valence-electron chi connectivity index (χ1n) is 10.1. The second-order valence-electron chi connectivity index (χ2n) is 7.20. The smallest absolute Gasteiger partial charge is 0.230 e. The van der Waals surface area contributed by atoms with Gasteiger partial charge in [0.05, 0.1) is 12.4 Å². The molecule has 0 aliphatic heterocycles. The van der Waals surface area contributed by atoms with Crippen molar-refractivity contribution in [1.29, 1.82) is 0 Å². The highest BCUT2D eigenvalue weighted by atomic mass is 32.2. The van der Waals surface area contributed by atoms with E-state index in [0.717, 1.165) is 16.8 Å². The molecule has 6 nitrogen and oxygen atoms in total. The molecule has 1 aromatic heterocycles. The Hall–Kier alpha value is -2.64. The van der Waals surface area contributed by atoms with E-state index in [1.807, 2.05) is 35.8 Å². The zero-order valence-electron chi connectivity index (χ0n) is 17.7. The van der Waals surface area contributed by atoms with E-state index in [-0.39, 0.29) is 11.7 Å². The quantitative estimate of drug-likeness (QED) is 0.491. The summed E-state index contributed by atoms with van der Waals surface area (Å²) in [5, 5.41) is 11.9. The Labute approximate surface area is 182 Å². The number of nitrogens with zero attached hydrogens (tertiary/aromatic N) is 3. The molecule has 0 saturated heterocycles. The van der Waals surface area contributed by atoms with Gasteiger partial charge < -0.3 is 10.1 Å². The van der Waals surface area contributed by atoms with Crippen LogP contribution in [0.2, 0.25) is 0 Å². The summed E-state index contributed by atoms with van der Waals surface area (Å²) in [6.07, 6.45) is 1.68. The summed E-state index contributed by atoms with van der Waals surface area (Å²) < 4.78 is 7.41. The van der Waals surface area contributed by atoms with E-state index in [2.05, 4.69) is 53.6 Å². The SMILES string of the molecule is CCOCc1ccccc1CNC(=O)CSc1nncn1-c1ccc(C(C)C)cc1. The molecule has 30 heavy (non-hydrogen) atoms. The largest absolute Gasteiger partial charge is 0.377 e. The molecule has 2 aromatic carbocycles. The van der Waals surface area contributed by atoms with Gasteiger partial charge in [-0.3, -0.25) is 9.36 Å². The van der Waals surface area contributed by atoms with E-state index in [0.29, 0.717) is 30.8 Å². The van der Waals surface area contributed by atoms with Crippen molar-refractivity contribution in [2.45, 2.75) is 45.0 Å². The summed E-state index contributed by atoms with van der Waals surface area (Å²) in [4.78, 5) is 12.4. The van der Waals surface area contributed by atoms with Gasteiger partial charge in [0.25, 0.3) is 0 Å². The molecule has 0 spiro atoms. The van der Waals surface area contributed by atoms with E-state index < -0.39 is 0 Å². The van der Waals surface area contributed by atoms with Crippen LogP contribution >= 0.6 is 11.8 Å². The maximum Gasteiger partial charge on any atom is 0.230 e. The summed E-state index contributed by atoms with van der Waals surface area (Å²) in [6, 6.07) is 16.3. The van der Waals surface area contributed by atoms with Crippen LogP contribution in [-0.4, -0.2) is 33.0 Å². The summed E-state index contributed by atoms with van der Waals surface area (Å²) in [6.45, 7) is 8.01. The lowest BCUT2D eigenvalue weighted by molar-refractivity contribution is -0.118. The summed E-state index contributed by atoms with van der Waals surface area (Å²) >= 11 is 1.37. The Morgan fingerprint density at radius 2 is 1.87 bits per heavy atom. The predicted octanol–water partition coefficient (Wildman–Crippen LogP) is 4.34.